The molecule has 0 unspecified atom stereocenters. The summed E-state index contributed by atoms with van der Waals surface area (Å²) >= 11 is 0. The van der Waals surface area contributed by atoms with Crippen molar-refractivity contribution in [3.63, 3.8) is 0 Å². The average Bonchev–Trinajstić information content (AvgIpc) is 2.93. The highest BCUT2D eigenvalue weighted by Gasteiger charge is 2.28. The largest absolute Gasteiger partial charge is 0.379 e. The SMILES string of the molecule is Cc1nn(C)c(C)c1CC(=O)NCc1ccccc1S(=O)(=O)N1CCOCC1. The van der Waals surface area contributed by atoms with Gasteiger partial charge in [-0.3, -0.25) is 9.48 Å². The van der Waals surface area contributed by atoms with Gasteiger partial charge in [-0.15, -0.1) is 0 Å². The predicted molar refractivity (Wildman–Crippen MR) is 104 cm³/mol. The van der Waals surface area contributed by atoms with E-state index in [1.165, 1.54) is 4.31 Å². The third-order valence-electron chi connectivity index (χ3n) is 5.03. The highest BCUT2D eigenvalue weighted by molar-refractivity contribution is 7.89. The molecule has 1 aliphatic rings. The van der Waals surface area contributed by atoms with Crippen molar-refractivity contribution in [3.05, 3.63) is 46.8 Å². The van der Waals surface area contributed by atoms with Crippen LogP contribution in [0.3, 0.4) is 0 Å². The molecule has 1 saturated heterocycles. The van der Waals surface area contributed by atoms with Crippen LogP contribution in [-0.2, 0) is 39.6 Å². The zero-order valence-electron chi connectivity index (χ0n) is 16.4. The fourth-order valence-electron chi connectivity index (χ4n) is 3.32. The second-order valence-electron chi connectivity index (χ2n) is 6.85. The Bertz CT molecular complexity index is 962. The minimum absolute atomic E-state index is 0.150. The van der Waals surface area contributed by atoms with Crippen molar-refractivity contribution in [1.29, 1.82) is 0 Å². The van der Waals surface area contributed by atoms with E-state index in [-0.39, 0.29) is 23.8 Å². The van der Waals surface area contributed by atoms with Crippen LogP contribution in [0.1, 0.15) is 22.5 Å². The number of carbonyl (C=O) groups is 1. The van der Waals surface area contributed by atoms with Gasteiger partial charge in [0.15, 0.2) is 0 Å². The number of hydrogen-bond donors (Lipinski definition) is 1. The topological polar surface area (TPSA) is 93.5 Å². The number of hydrogen-bond acceptors (Lipinski definition) is 5. The number of amides is 1. The van der Waals surface area contributed by atoms with Gasteiger partial charge in [0.1, 0.15) is 0 Å². The van der Waals surface area contributed by atoms with Gasteiger partial charge in [0.2, 0.25) is 15.9 Å². The third kappa shape index (κ3) is 4.26. The summed E-state index contributed by atoms with van der Waals surface area (Å²) in [5.41, 5.74) is 3.24. The summed E-state index contributed by atoms with van der Waals surface area (Å²) in [7, 11) is -1.78. The monoisotopic (exact) mass is 406 g/mol. The van der Waals surface area contributed by atoms with Crippen molar-refractivity contribution in [2.75, 3.05) is 26.3 Å². The normalized spacial score (nSPS) is 15.5. The number of nitrogens with one attached hydrogen (secondary N) is 1. The smallest absolute Gasteiger partial charge is 0.243 e. The molecule has 1 fully saturated rings. The summed E-state index contributed by atoms with van der Waals surface area (Å²) in [5, 5.41) is 7.16. The van der Waals surface area contributed by atoms with E-state index in [1.807, 2.05) is 20.9 Å². The third-order valence-corrected chi connectivity index (χ3v) is 7.03. The summed E-state index contributed by atoms with van der Waals surface area (Å²) in [6.07, 6.45) is 0.212. The number of rotatable bonds is 6. The van der Waals surface area contributed by atoms with Crippen LogP contribution < -0.4 is 5.32 Å². The molecule has 1 aromatic carbocycles. The van der Waals surface area contributed by atoms with Crippen LogP contribution in [0.25, 0.3) is 0 Å². The first-order valence-electron chi connectivity index (χ1n) is 9.22. The first kappa shape index (κ1) is 20.5. The summed E-state index contributed by atoms with van der Waals surface area (Å²) in [6.45, 7) is 5.40. The fraction of sp³-hybridized carbons (Fsp3) is 0.474. The number of nitrogens with zero attached hydrogens (tertiary/aromatic N) is 3. The zero-order valence-corrected chi connectivity index (χ0v) is 17.3. The van der Waals surface area contributed by atoms with Gasteiger partial charge in [0.25, 0.3) is 0 Å². The van der Waals surface area contributed by atoms with E-state index in [1.54, 1.807) is 28.9 Å². The highest BCUT2D eigenvalue weighted by Crippen LogP contribution is 2.21. The summed E-state index contributed by atoms with van der Waals surface area (Å²) in [6, 6.07) is 6.78. The molecule has 1 aliphatic heterocycles. The molecule has 0 saturated carbocycles. The molecule has 0 aliphatic carbocycles. The second-order valence-corrected chi connectivity index (χ2v) is 8.76. The van der Waals surface area contributed by atoms with Gasteiger partial charge in [-0.05, 0) is 25.5 Å². The molecule has 8 nitrogen and oxygen atoms in total. The van der Waals surface area contributed by atoms with Crippen LogP contribution in [-0.4, -0.2) is 54.7 Å². The van der Waals surface area contributed by atoms with Gasteiger partial charge in [-0.1, -0.05) is 18.2 Å². The lowest BCUT2D eigenvalue weighted by Crippen LogP contribution is -2.41. The number of morpholine rings is 1. The Morgan fingerprint density at radius 1 is 1.21 bits per heavy atom. The van der Waals surface area contributed by atoms with E-state index in [4.69, 9.17) is 4.74 Å². The molecule has 0 atom stereocenters. The van der Waals surface area contributed by atoms with Gasteiger partial charge in [0.05, 0.1) is 30.2 Å². The lowest BCUT2D eigenvalue weighted by Gasteiger charge is -2.27. The zero-order chi connectivity index (χ0) is 20.3. The van der Waals surface area contributed by atoms with Crippen molar-refractivity contribution < 1.29 is 17.9 Å². The molecular formula is C19H26N4O4S. The Labute approximate surface area is 165 Å². The molecule has 2 aromatic rings. The first-order chi connectivity index (χ1) is 13.3. The maximum absolute atomic E-state index is 13.0. The maximum Gasteiger partial charge on any atom is 0.243 e. The van der Waals surface area contributed by atoms with Crippen LogP contribution >= 0.6 is 0 Å². The fourth-order valence-corrected chi connectivity index (χ4v) is 4.95. The molecule has 28 heavy (non-hydrogen) atoms. The van der Waals surface area contributed by atoms with E-state index < -0.39 is 10.0 Å². The van der Waals surface area contributed by atoms with Gasteiger partial charge < -0.3 is 10.1 Å². The van der Waals surface area contributed by atoms with Crippen molar-refractivity contribution in [1.82, 2.24) is 19.4 Å². The molecule has 1 aromatic heterocycles. The van der Waals surface area contributed by atoms with Gasteiger partial charge in [-0.25, -0.2) is 8.42 Å². The number of sulfonamides is 1. The predicted octanol–water partition coefficient (Wildman–Crippen LogP) is 0.917. The Morgan fingerprint density at radius 2 is 1.89 bits per heavy atom. The van der Waals surface area contributed by atoms with E-state index in [0.717, 1.165) is 17.0 Å². The number of aromatic nitrogens is 2. The highest BCUT2D eigenvalue weighted by atomic mass is 32.2. The average molecular weight is 407 g/mol. The Hall–Kier alpha value is -2.23. The first-order valence-corrected chi connectivity index (χ1v) is 10.7. The van der Waals surface area contributed by atoms with E-state index >= 15 is 0 Å². The number of ether oxygens (including phenoxy) is 1. The molecule has 152 valence electrons. The van der Waals surface area contributed by atoms with E-state index in [9.17, 15) is 13.2 Å². The molecule has 3 rings (SSSR count). The van der Waals surface area contributed by atoms with Gasteiger partial charge in [0, 0.05) is 37.9 Å². The summed E-state index contributed by atoms with van der Waals surface area (Å²) < 4.78 is 34.4. The molecular weight excluding hydrogens is 380 g/mol. The number of aryl methyl sites for hydroxylation is 2. The van der Waals surface area contributed by atoms with Crippen molar-refractivity contribution in [2.45, 2.75) is 31.7 Å². The number of carbonyl (C=O) groups excluding carboxylic acids is 1. The Kier molecular flexibility index (Phi) is 6.17. The molecule has 0 bridgehead atoms. The Balaban J connectivity index is 1.72. The maximum atomic E-state index is 13.0. The standard InChI is InChI=1S/C19H26N4O4S/c1-14-17(15(2)22(3)21-14)12-19(24)20-13-16-6-4-5-7-18(16)28(25,26)23-8-10-27-11-9-23/h4-7H,8-13H2,1-3H3,(H,20,24). The van der Waals surface area contributed by atoms with Gasteiger partial charge in [-0.2, -0.15) is 9.40 Å². The van der Waals surface area contributed by atoms with Crippen LogP contribution in [0.5, 0.6) is 0 Å². The van der Waals surface area contributed by atoms with Crippen LogP contribution in [0, 0.1) is 13.8 Å². The minimum Gasteiger partial charge on any atom is -0.379 e. The van der Waals surface area contributed by atoms with E-state index in [2.05, 4.69) is 10.4 Å². The van der Waals surface area contributed by atoms with Crippen molar-refractivity contribution in [2.24, 2.45) is 7.05 Å². The van der Waals surface area contributed by atoms with Crippen molar-refractivity contribution in [3.8, 4) is 0 Å². The van der Waals surface area contributed by atoms with E-state index in [0.29, 0.717) is 31.9 Å². The second kappa shape index (κ2) is 8.42. The van der Waals surface area contributed by atoms with Crippen LogP contribution in [0.4, 0.5) is 0 Å². The lowest BCUT2D eigenvalue weighted by molar-refractivity contribution is -0.120. The number of benzene rings is 1. The lowest BCUT2D eigenvalue weighted by atomic mass is 10.1. The minimum atomic E-state index is -3.62. The summed E-state index contributed by atoms with van der Waals surface area (Å²) in [4.78, 5) is 12.7. The van der Waals surface area contributed by atoms with Crippen molar-refractivity contribution >= 4 is 15.9 Å². The quantitative estimate of drug-likeness (QED) is 0.770. The van der Waals surface area contributed by atoms with Crippen LogP contribution in [0.2, 0.25) is 0 Å². The van der Waals surface area contributed by atoms with Gasteiger partial charge >= 0.3 is 0 Å². The molecule has 0 spiro atoms. The molecule has 2 heterocycles. The molecule has 9 heteroatoms. The molecule has 1 amide bonds. The van der Waals surface area contributed by atoms with Crippen LogP contribution in [0.15, 0.2) is 29.2 Å². The molecule has 1 N–H and O–H groups in total. The molecule has 0 radical (unpaired) electrons. The summed E-state index contributed by atoms with van der Waals surface area (Å²) in [5.74, 6) is -0.169. The Morgan fingerprint density at radius 3 is 2.54 bits per heavy atom.